The Morgan fingerprint density at radius 1 is 1.15 bits per heavy atom. The number of carboxylic acid groups (broad SMARTS) is 1. The van der Waals surface area contributed by atoms with Gasteiger partial charge in [-0.15, -0.1) is 0 Å². The van der Waals surface area contributed by atoms with Crippen molar-refractivity contribution in [2.45, 2.75) is 39.2 Å². The van der Waals surface area contributed by atoms with E-state index >= 15 is 0 Å². The molecule has 20 heavy (non-hydrogen) atoms. The van der Waals surface area contributed by atoms with E-state index < -0.39 is 31.1 Å². The lowest BCUT2D eigenvalue weighted by Crippen LogP contribution is -2.47. The average Bonchev–Trinajstić information content (AvgIpc) is 2.33. The van der Waals surface area contributed by atoms with Crippen molar-refractivity contribution in [3.05, 3.63) is 0 Å². The number of urea groups is 1. The number of carbonyl (C=O) groups is 3. The number of ether oxygens (including phenoxy) is 1. The molecular weight excluding hydrogens is 264 g/mol. The maximum atomic E-state index is 11.6. The summed E-state index contributed by atoms with van der Waals surface area (Å²) in [6, 6.07) is -0.477. The number of imide groups is 1. The van der Waals surface area contributed by atoms with Crippen LogP contribution in [0.1, 0.15) is 33.1 Å². The molecule has 3 atom stereocenters. The van der Waals surface area contributed by atoms with Gasteiger partial charge < -0.3 is 15.2 Å². The van der Waals surface area contributed by atoms with Gasteiger partial charge in [-0.1, -0.05) is 13.8 Å². The fourth-order valence-corrected chi connectivity index (χ4v) is 2.29. The third kappa shape index (κ3) is 6.01. The van der Waals surface area contributed by atoms with Crippen molar-refractivity contribution in [1.29, 1.82) is 0 Å². The lowest BCUT2D eigenvalue weighted by molar-refractivity contribution is -0.143. The molecule has 0 saturated heterocycles. The Hall–Kier alpha value is -1.63. The first kappa shape index (κ1) is 16.4. The van der Waals surface area contributed by atoms with Crippen molar-refractivity contribution in [3.8, 4) is 0 Å². The zero-order chi connectivity index (χ0) is 15.1. The molecule has 1 saturated carbocycles. The number of rotatable bonds is 5. The van der Waals surface area contributed by atoms with Crippen LogP contribution in [0, 0.1) is 11.8 Å². The van der Waals surface area contributed by atoms with Crippen LogP contribution >= 0.6 is 0 Å². The molecule has 0 aliphatic heterocycles. The van der Waals surface area contributed by atoms with Crippen LogP contribution in [0.25, 0.3) is 0 Å². The van der Waals surface area contributed by atoms with Crippen LogP contribution in [0.4, 0.5) is 4.79 Å². The number of nitrogens with one attached hydrogen (secondary N) is 2. The summed E-state index contributed by atoms with van der Waals surface area (Å²) in [6.45, 7) is 3.34. The largest absolute Gasteiger partial charge is 0.480 e. The average molecular weight is 286 g/mol. The highest BCUT2D eigenvalue weighted by molar-refractivity contribution is 5.95. The number of aliphatic carboxylic acids is 1. The van der Waals surface area contributed by atoms with Gasteiger partial charge >= 0.3 is 12.0 Å². The van der Waals surface area contributed by atoms with Crippen LogP contribution in [0.15, 0.2) is 0 Å². The minimum absolute atomic E-state index is 0.0777. The van der Waals surface area contributed by atoms with Gasteiger partial charge in [0.1, 0.15) is 13.2 Å². The second kappa shape index (κ2) is 7.84. The second-order valence-corrected chi connectivity index (χ2v) is 5.37. The number of carboxylic acids is 1. The van der Waals surface area contributed by atoms with Gasteiger partial charge in [-0.05, 0) is 31.1 Å². The summed E-state index contributed by atoms with van der Waals surface area (Å²) in [5.74, 6) is -0.612. The quantitative estimate of drug-likeness (QED) is 0.691. The Labute approximate surface area is 118 Å². The smallest absolute Gasteiger partial charge is 0.329 e. The minimum Gasteiger partial charge on any atom is -0.480 e. The third-order valence-corrected chi connectivity index (χ3v) is 3.65. The molecule has 0 heterocycles. The zero-order valence-electron chi connectivity index (χ0n) is 11.8. The van der Waals surface area contributed by atoms with E-state index in [2.05, 4.69) is 29.2 Å². The van der Waals surface area contributed by atoms with Crippen molar-refractivity contribution in [1.82, 2.24) is 10.6 Å². The molecular formula is C13H22N2O5. The van der Waals surface area contributed by atoms with Crippen LogP contribution in [0.5, 0.6) is 0 Å². The minimum atomic E-state index is -1.16. The summed E-state index contributed by atoms with van der Waals surface area (Å²) in [5, 5.41) is 13.2. The number of hydrogen-bond acceptors (Lipinski definition) is 4. The normalized spacial score (nSPS) is 25.8. The molecule has 0 radical (unpaired) electrons. The van der Waals surface area contributed by atoms with Crippen LogP contribution < -0.4 is 10.6 Å². The van der Waals surface area contributed by atoms with Gasteiger partial charge in [-0.25, -0.2) is 9.59 Å². The van der Waals surface area contributed by atoms with Crippen molar-refractivity contribution in [3.63, 3.8) is 0 Å². The maximum Gasteiger partial charge on any atom is 0.329 e. The highest BCUT2D eigenvalue weighted by atomic mass is 16.5. The summed E-state index contributed by atoms with van der Waals surface area (Å²) >= 11 is 0. The molecule has 1 aliphatic carbocycles. The molecule has 114 valence electrons. The molecule has 1 rings (SSSR count). The van der Waals surface area contributed by atoms with E-state index in [1.54, 1.807) is 0 Å². The number of hydrogen-bond donors (Lipinski definition) is 3. The topological polar surface area (TPSA) is 105 Å². The zero-order valence-corrected chi connectivity index (χ0v) is 11.8. The standard InChI is InChI=1S/C13H22N2O5/c1-8-3-4-10(5-9(8)2)14-13(19)15-11(16)6-20-7-12(17)18/h8-10H,3-7H2,1-2H3,(H,17,18)(H2,14,15,16,19). The SMILES string of the molecule is CC1CCC(NC(=O)NC(=O)COCC(=O)O)CC1C. The molecule has 0 aromatic rings. The second-order valence-electron chi connectivity index (χ2n) is 5.37. The van der Waals surface area contributed by atoms with E-state index in [0.29, 0.717) is 11.8 Å². The van der Waals surface area contributed by atoms with Gasteiger partial charge in [-0.2, -0.15) is 0 Å². The van der Waals surface area contributed by atoms with Gasteiger partial charge in [0.2, 0.25) is 0 Å². The Morgan fingerprint density at radius 3 is 2.45 bits per heavy atom. The van der Waals surface area contributed by atoms with Crippen LogP contribution in [0.3, 0.4) is 0 Å². The lowest BCUT2D eigenvalue weighted by atomic mass is 9.79. The predicted octanol–water partition coefficient (Wildman–Crippen LogP) is 0.738. The Balaban J connectivity index is 2.22. The van der Waals surface area contributed by atoms with Gasteiger partial charge in [-0.3, -0.25) is 10.1 Å². The van der Waals surface area contributed by atoms with E-state index in [-0.39, 0.29) is 6.04 Å². The third-order valence-electron chi connectivity index (χ3n) is 3.65. The maximum absolute atomic E-state index is 11.6. The molecule has 3 amide bonds. The monoisotopic (exact) mass is 286 g/mol. The summed E-state index contributed by atoms with van der Waals surface area (Å²) in [7, 11) is 0. The van der Waals surface area contributed by atoms with Gasteiger partial charge in [0.15, 0.2) is 0 Å². The van der Waals surface area contributed by atoms with Gasteiger partial charge in [0.05, 0.1) is 0 Å². The Morgan fingerprint density at radius 2 is 1.85 bits per heavy atom. The first-order chi connectivity index (χ1) is 9.38. The molecule has 1 aliphatic rings. The van der Waals surface area contributed by atoms with E-state index in [1.807, 2.05) is 0 Å². The molecule has 0 bridgehead atoms. The van der Waals surface area contributed by atoms with E-state index in [0.717, 1.165) is 19.3 Å². The van der Waals surface area contributed by atoms with Crippen LogP contribution in [-0.2, 0) is 14.3 Å². The molecule has 7 heteroatoms. The first-order valence-corrected chi connectivity index (χ1v) is 6.78. The van der Waals surface area contributed by atoms with E-state index in [4.69, 9.17) is 5.11 Å². The van der Waals surface area contributed by atoms with Crippen molar-refractivity contribution in [2.24, 2.45) is 11.8 Å². The molecule has 7 nitrogen and oxygen atoms in total. The van der Waals surface area contributed by atoms with E-state index in [1.165, 1.54) is 0 Å². The summed E-state index contributed by atoms with van der Waals surface area (Å²) in [4.78, 5) is 33.1. The molecule has 0 spiro atoms. The van der Waals surface area contributed by atoms with Gasteiger partial charge in [0, 0.05) is 6.04 Å². The Bertz CT molecular complexity index is 372. The molecule has 0 aromatic carbocycles. The molecule has 1 fully saturated rings. The molecule has 0 aromatic heterocycles. The molecule has 3 unspecified atom stereocenters. The predicted molar refractivity (Wildman–Crippen MR) is 71.1 cm³/mol. The fourth-order valence-electron chi connectivity index (χ4n) is 2.29. The van der Waals surface area contributed by atoms with E-state index in [9.17, 15) is 14.4 Å². The Kier molecular flexibility index (Phi) is 6.44. The van der Waals surface area contributed by atoms with Crippen molar-refractivity contribution < 1.29 is 24.2 Å². The first-order valence-electron chi connectivity index (χ1n) is 6.78. The van der Waals surface area contributed by atoms with Crippen LogP contribution in [-0.4, -0.2) is 42.3 Å². The summed E-state index contributed by atoms with van der Waals surface area (Å²) in [6.07, 6.45) is 2.86. The van der Waals surface area contributed by atoms with Crippen molar-refractivity contribution in [2.75, 3.05) is 13.2 Å². The summed E-state index contributed by atoms with van der Waals surface area (Å²) < 4.78 is 4.59. The lowest BCUT2D eigenvalue weighted by Gasteiger charge is -2.32. The van der Waals surface area contributed by atoms with Crippen LogP contribution in [0.2, 0.25) is 0 Å². The fraction of sp³-hybridized carbons (Fsp3) is 0.769. The number of carbonyl (C=O) groups excluding carboxylic acids is 2. The highest BCUT2D eigenvalue weighted by Crippen LogP contribution is 2.29. The highest BCUT2D eigenvalue weighted by Gasteiger charge is 2.25. The number of amides is 3. The molecule has 3 N–H and O–H groups in total. The van der Waals surface area contributed by atoms with Crippen molar-refractivity contribution >= 4 is 17.9 Å². The van der Waals surface area contributed by atoms with Gasteiger partial charge in [0.25, 0.3) is 5.91 Å². The summed E-state index contributed by atoms with van der Waals surface area (Å²) in [5.41, 5.74) is 0.